The first kappa shape index (κ1) is 24.8. The second kappa shape index (κ2) is 11.9. The molecule has 1 saturated carbocycles. The summed E-state index contributed by atoms with van der Waals surface area (Å²) in [7, 11) is 2.19. The van der Waals surface area contributed by atoms with E-state index in [-0.39, 0.29) is 0 Å². The van der Waals surface area contributed by atoms with E-state index < -0.39 is 0 Å². The molecule has 35 heavy (non-hydrogen) atoms. The van der Waals surface area contributed by atoms with Gasteiger partial charge in [0.15, 0.2) is 5.82 Å². The van der Waals surface area contributed by atoms with Crippen molar-refractivity contribution in [3.63, 3.8) is 0 Å². The van der Waals surface area contributed by atoms with Crippen LogP contribution in [-0.2, 0) is 4.74 Å². The van der Waals surface area contributed by atoms with Crippen molar-refractivity contribution in [2.45, 2.75) is 38.0 Å². The van der Waals surface area contributed by atoms with E-state index in [1.54, 1.807) is 0 Å². The average Bonchev–Trinajstić information content (AvgIpc) is 3.42. The molecule has 3 fully saturated rings. The Balaban J connectivity index is 1.30. The minimum absolute atomic E-state index is 0.456. The van der Waals surface area contributed by atoms with Crippen molar-refractivity contribution in [2.24, 2.45) is 0 Å². The Morgan fingerprint density at radius 1 is 0.971 bits per heavy atom. The summed E-state index contributed by atoms with van der Waals surface area (Å²) < 4.78 is 5.47. The number of likely N-dealkylation sites (N-methyl/N-ethyl adjacent to an activating group) is 1. The highest BCUT2D eigenvalue weighted by atomic mass is 35.5. The number of halogens is 1. The van der Waals surface area contributed by atoms with E-state index in [0.29, 0.717) is 16.9 Å². The average molecular weight is 499 g/mol. The number of benzene rings is 1. The fraction of sp³-hybridized carbons (Fsp3) is 0.630. The lowest BCUT2D eigenvalue weighted by Crippen LogP contribution is -2.44. The zero-order valence-electron chi connectivity index (χ0n) is 21.0. The van der Waals surface area contributed by atoms with Crippen LogP contribution in [0.3, 0.4) is 0 Å². The molecule has 0 atom stereocenters. The molecule has 1 aromatic heterocycles. The topological polar surface area (TPSA) is 56.8 Å². The Labute approximate surface area is 214 Å². The fourth-order valence-electron chi connectivity index (χ4n) is 5.50. The number of rotatable bonds is 8. The smallest absolute Gasteiger partial charge is 0.163 e. The van der Waals surface area contributed by atoms with Gasteiger partial charge in [0.05, 0.1) is 13.2 Å². The molecule has 3 heterocycles. The van der Waals surface area contributed by atoms with Crippen LogP contribution in [0.4, 0.5) is 11.5 Å². The van der Waals surface area contributed by atoms with Gasteiger partial charge in [0.25, 0.3) is 0 Å². The van der Waals surface area contributed by atoms with Crippen LogP contribution in [0.1, 0.15) is 43.6 Å². The van der Waals surface area contributed by atoms with E-state index >= 15 is 0 Å². The Kier molecular flexibility index (Phi) is 8.39. The van der Waals surface area contributed by atoms with Gasteiger partial charge in [-0.3, -0.25) is 4.90 Å². The quantitative estimate of drug-likeness (QED) is 0.429. The standard InChI is InChI=1S/C27H39ClN6O/c1-32-13-15-34(16-14-32)23-9-7-22(8-10-23)26-30-25(28)24(21-5-2-3-6-21)27(31-26)29-11-4-12-33-17-19-35-20-18-33/h7-10,21H,2-6,11-20H2,1H3,(H,29,30,31). The maximum atomic E-state index is 6.84. The molecule has 190 valence electrons. The Morgan fingerprint density at radius 3 is 2.40 bits per heavy atom. The van der Waals surface area contributed by atoms with E-state index in [2.05, 4.69) is 51.3 Å². The van der Waals surface area contributed by atoms with Gasteiger partial charge in [-0.25, -0.2) is 9.97 Å². The van der Waals surface area contributed by atoms with Crippen LogP contribution in [0.25, 0.3) is 11.4 Å². The van der Waals surface area contributed by atoms with Crippen molar-refractivity contribution in [1.29, 1.82) is 0 Å². The number of nitrogens with zero attached hydrogens (tertiary/aromatic N) is 5. The molecule has 1 N–H and O–H groups in total. The highest BCUT2D eigenvalue weighted by Crippen LogP contribution is 2.41. The van der Waals surface area contributed by atoms with Crippen molar-refractivity contribution in [3.8, 4) is 11.4 Å². The van der Waals surface area contributed by atoms with Gasteiger partial charge >= 0.3 is 0 Å². The summed E-state index contributed by atoms with van der Waals surface area (Å²) in [5.41, 5.74) is 3.39. The van der Waals surface area contributed by atoms with Crippen LogP contribution in [0, 0.1) is 0 Å². The largest absolute Gasteiger partial charge is 0.379 e. The lowest BCUT2D eigenvalue weighted by Gasteiger charge is -2.34. The summed E-state index contributed by atoms with van der Waals surface area (Å²) in [5.74, 6) is 2.09. The van der Waals surface area contributed by atoms with Gasteiger partial charge in [0.1, 0.15) is 11.0 Å². The normalized spacial score (nSPS) is 20.5. The third-order valence-corrected chi connectivity index (χ3v) is 7.99. The van der Waals surface area contributed by atoms with Crippen LogP contribution in [0.15, 0.2) is 24.3 Å². The van der Waals surface area contributed by atoms with E-state index in [1.807, 2.05) is 0 Å². The molecule has 2 aliphatic heterocycles. The van der Waals surface area contributed by atoms with Gasteiger partial charge in [-0.15, -0.1) is 0 Å². The monoisotopic (exact) mass is 498 g/mol. The van der Waals surface area contributed by atoms with Crippen molar-refractivity contribution in [1.82, 2.24) is 19.8 Å². The summed E-state index contributed by atoms with van der Waals surface area (Å²) in [6.45, 7) is 10.0. The molecule has 2 saturated heterocycles. The zero-order chi connectivity index (χ0) is 24.0. The molecule has 0 radical (unpaired) electrons. The molecule has 0 amide bonds. The first-order valence-electron chi connectivity index (χ1n) is 13.3. The van der Waals surface area contributed by atoms with Crippen LogP contribution < -0.4 is 10.2 Å². The molecular weight excluding hydrogens is 460 g/mol. The van der Waals surface area contributed by atoms with E-state index in [1.165, 1.54) is 31.4 Å². The number of aromatic nitrogens is 2. The lowest BCUT2D eigenvalue weighted by atomic mass is 9.99. The summed E-state index contributed by atoms with van der Waals surface area (Å²) in [5, 5.41) is 4.25. The molecular formula is C27H39ClN6O. The Hall–Kier alpha value is -1.93. The SMILES string of the molecule is CN1CCN(c2ccc(-c3nc(Cl)c(C4CCCC4)c(NCCCN4CCOCC4)n3)cc2)CC1. The number of hydrogen-bond donors (Lipinski definition) is 1. The van der Waals surface area contributed by atoms with Crippen LogP contribution in [0.5, 0.6) is 0 Å². The first-order valence-corrected chi connectivity index (χ1v) is 13.7. The van der Waals surface area contributed by atoms with Crippen LogP contribution in [0.2, 0.25) is 5.15 Å². The van der Waals surface area contributed by atoms with Gasteiger partial charge < -0.3 is 19.9 Å². The summed E-state index contributed by atoms with van der Waals surface area (Å²) in [6.07, 6.45) is 5.93. The van der Waals surface area contributed by atoms with Gasteiger partial charge in [0, 0.05) is 62.6 Å². The number of hydrogen-bond acceptors (Lipinski definition) is 7. The molecule has 0 bridgehead atoms. The Bertz CT molecular complexity index is 951. The molecule has 0 spiro atoms. The third-order valence-electron chi connectivity index (χ3n) is 7.70. The molecule has 1 aromatic carbocycles. The summed E-state index contributed by atoms with van der Waals surface area (Å²) in [6, 6.07) is 8.66. The minimum Gasteiger partial charge on any atom is -0.379 e. The predicted octanol–water partition coefficient (Wildman–Crippen LogP) is 4.34. The minimum atomic E-state index is 0.456. The molecule has 2 aromatic rings. The van der Waals surface area contributed by atoms with Crippen molar-refractivity contribution >= 4 is 23.1 Å². The highest BCUT2D eigenvalue weighted by molar-refractivity contribution is 6.30. The van der Waals surface area contributed by atoms with Crippen molar-refractivity contribution in [3.05, 3.63) is 35.0 Å². The first-order chi connectivity index (χ1) is 17.2. The van der Waals surface area contributed by atoms with Gasteiger partial charge in [-0.2, -0.15) is 0 Å². The van der Waals surface area contributed by atoms with Crippen molar-refractivity contribution in [2.75, 3.05) is 82.8 Å². The molecule has 3 aliphatic rings. The molecule has 0 unspecified atom stereocenters. The highest BCUT2D eigenvalue weighted by Gasteiger charge is 2.25. The fourth-order valence-corrected chi connectivity index (χ4v) is 5.83. The summed E-state index contributed by atoms with van der Waals surface area (Å²) in [4.78, 5) is 17.1. The third kappa shape index (κ3) is 6.26. The predicted molar refractivity (Wildman–Crippen MR) is 144 cm³/mol. The Morgan fingerprint density at radius 2 is 1.69 bits per heavy atom. The second-order valence-corrected chi connectivity index (χ2v) is 10.5. The number of nitrogens with one attached hydrogen (secondary N) is 1. The lowest BCUT2D eigenvalue weighted by molar-refractivity contribution is 0.0378. The molecule has 1 aliphatic carbocycles. The maximum absolute atomic E-state index is 6.84. The molecule has 5 rings (SSSR count). The maximum Gasteiger partial charge on any atom is 0.163 e. The van der Waals surface area contributed by atoms with Gasteiger partial charge in [-0.1, -0.05) is 24.4 Å². The zero-order valence-corrected chi connectivity index (χ0v) is 21.8. The second-order valence-electron chi connectivity index (χ2n) is 10.2. The number of ether oxygens (including phenoxy) is 1. The van der Waals surface area contributed by atoms with E-state index in [9.17, 15) is 0 Å². The van der Waals surface area contributed by atoms with Gasteiger partial charge in [0.2, 0.25) is 0 Å². The van der Waals surface area contributed by atoms with E-state index in [4.69, 9.17) is 26.3 Å². The number of piperazine rings is 1. The summed E-state index contributed by atoms with van der Waals surface area (Å²) >= 11 is 6.84. The van der Waals surface area contributed by atoms with Crippen LogP contribution in [-0.4, -0.2) is 92.4 Å². The number of morpholine rings is 1. The number of anilines is 2. The van der Waals surface area contributed by atoms with Crippen molar-refractivity contribution < 1.29 is 4.74 Å². The molecule has 7 nitrogen and oxygen atoms in total. The molecule has 8 heteroatoms. The van der Waals surface area contributed by atoms with E-state index in [0.717, 1.165) is 88.9 Å². The van der Waals surface area contributed by atoms with Gasteiger partial charge in [-0.05, 0) is 63.0 Å². The van der Waals surface area contributed by atoms with Crippen LogP contribution >= 0.6 is 11.6 Å².